The van der Waals surface area contributed by atoms with Gasteiger partial charge in [-0.15, -0.1) is 0 Å². The molecule has 142 valence electrons. The molecule has 3 aromatic carbocycles. The quantitative estimate of drug-likeness (QED) is 0.462. The van der Waals surface area contributed by atoms with Crippen molar-refractivity contribution in [3.63, 3.8) is 0 Å². The molecule has 0 aromatic heterocycles. The maximum Gasteiger partial charge on any atom is 0.255 e. The molecule has 1 N–H and O–H groups in total. The van der Waals surface area contributed by atoms with Gasteiger partial charge in [-0.05, 0) is 67.6 Å². The Labute approximate surface area is 163 Å². The number of ketones is 1. The molecule has 0 bridgehead atoms. The van der Waals surface area contributed by atoms with Crippen molar-refractivity contribution in [1.82, 2.24) is 0 Å². The fraction of sp³-hybridized carbons (Fsp3) is 0.130. The number of Topliss-reactive ketones (excluding diaryl/α,β-unsaturated/α-hetero) is 1. The Hall–Kier alpha value is -3.60. The number of amides is 1. The first kappa shape index (κ1) is 19.2. The Morgan fingerprint density at radius 3 is 1.82 bits per heavy atom. The summed E-state index contributed by atoms with van der Waals surface area (Å²) in [6.45, 7) is 2.34. The van der Waals surface area contributed by atoms with E-state index in [4.69, 9.17) is 9.47 Å². The van der Waals surface area contributed by atoms with Gasteiger partial charge >= 0.3 is 0 Å². The number of carbonyl (C=O) groups is 2. The standard InChI is InChI=1S/C23H21NO4/c1-17(25)18-7-11-20(12-8-18)24-23(26)19-9-13-22(14-10-19)28-16-15-27-21-5-3-2-4-6-21/h2-14H,15-16H2,1H3,(H,24,26). The summed E-state index contributed by atoms with van der Waals surface area (Å²) < 4.78 is 11.2. The number of anilines is 1. The number of nitrogens with one attached hydrogen (secondary N) is 1. The third kappa shape index (κ3) is 5.45. The van der Waals surface area contributed by atoms with Crippen molar-refractivity contribution in [3.05, 3.63) is 90.0 Å². The van der Waals surface area contributed by atoms with Gasteiger partial charge in [0.25, 0.3) is 5.91 Å². The fourth-order valence-electron chi connectivity index (χ4n) is 2.53. The third-order valence-corrected chi connectivity index (χ3v) is 4.03. The molecular formula is C23H21NO4. The van der Waals surface area contributed by atoms with Crippen molar-refractivity contribution >= 4 is 17.4 Å². The number of para-hydroxylation sites is 1. The predicted molar refractivity (Wildman–Crippen MR) is 108 cm³/mol. The molecule has 0 atom stereocenters. The lowest BCUT2D eigenvalue weighted by Crippen LogP contribution is -2.12. The summed E-state index contributed by atoms with van der Waals surface area (Å²) in [6.07, 6.45) is 0. The van der Waals surface area contributed by atoms with Crippen molar-refractivity contribution in [2.75, 3.05) is 18.5 Å². The van der Waals surface area contributed by atoms with Crippen molar-refractivity contribution in [2.24, 2.45) is 0 Å². The van der Waals surface area contributed by atoms with Crippen molar-refractivity contribution < 1.29 is 19.1 Å². The van der Waals surface area contributed by atoms with Crippen LogP contribution in [-0.4, -0.2) is 24.9 Å². The maximum atomic E-state index is 12.3. The highest BCUT2D eigenvalue weighted by atomic mass is 16.5. The molecular weight excluding hydrogens is 354 g/mol. The van der Waals surface area contributed by atoms with Gasteiger partial charge in [-0.1, -0.05) is 18.2 Å². The first-order chi connectivity index (χ1) is 13.6. The highest BCUT2D eigenvalue weighted by Crippen LogP contribution is 2.15. The van der Waals surface area contributed by atoms with Gasteiger partial charge in [0.1, 0.15) is 24.7 Å². The maximum absolute atomic E-state index is 12.3. The van der Waals surface area contributed by atoms with Gasteiger partial charge in [0, 0.05) is 16.8 Å². The number of benzene rings is 3. The van der Waals surface area contributed by atoms with Crippen LogP contribution in [0.25, 0.3) is 0 Å². The summed E-state index contributed by atoms with van der Waals surface area (Å²) in [6, 6.07) is 23.2. The van der Waals surface area contributed by atoms with Gasteiger partial charge in [-0.3, -0.25) is 9.59 Å². The van der Waals surface area contributed by atoms with E-state index in [0.717, 1.165) is 5.75 Å². The van der Waals surface area contributed by atoms with Crippen LogP contribution in [0.1, 0.15) is 27.6 Å². The normalized spacial score (nSPS) is 10.2. The topological polar surface area (TPSA) is 64.6 Å². The number of ether oxygens (including phenoxy) is 2. The minimum absolute atomic E-state index is 0.0115. The van der Waals surface area contributed by atoms with Crippen LogP contribution >= 0.6 is 0 Å². The average Bonchev–Trinajstić information content (AvgIpc) is 2.73. The minimum Gasteiger partial charge on any atom is -0.490 e. The minimum atomic E-state index is -0.227. The largest absolute Gasteiger partial charge is 0.490 e. The number of rotatable bonds is 8. The van der Waals surface area contributed by atoms with Crippen LogP contribution in [-0.2, 0) is 0 Å². The Kier molecular flexibility index (Phi) is 6.41. The molecule has 3 rings (SSSR count). The Balaban J connectivity index is 1.47. The van der Waals surface area contributed by atoms with Crippen LogP contribution in [0.15, 0.2) is 78.9 Å². The molecule has 0 saturated heterocycles. The summed E-state index contributed by atoms with van der Waals surface area (Å²) in [4.78, 5) is 23.6. The zero-order valence-corrected chi connectivity index (χ0v) is 15.6. The monoisotopic (exact) mass is 375 g/mol. The summed E-state index contributed by atoms with van der Waals surface area (Å²) in [5.74, 6) is 1.23. The fourth-order valence-corrected chi connectivity index (χ4v) is 2.53. The smallest absolute Gasteiger partial charge is 0.255 e. The average molecular weight is 375 g/mol. The second kappa shape index (κ2) is 9.37. The first-order valence-corrected chi connectivity index (χ1v) is 8.95. The second-order valence-electron chi connectivity index (χ2n) is 6.12. The summed E-state index contributed by atoms with van der Waals surface area (Å²) >= 11 is 0. The van der Waals surface area contributed by atoms with Crippen LogP contribution in [0.2, 0.25) is 0 Å². The highest BCUT2D eigenvalue weighted by Gasteiger charge is 2.07. The molecule has 0 unspecified atom stereocenters. The van der Waals surface area contributed by atoms with E-state index in [2.05, 4.69) is 5.32 Å². The lowest BCUT2D eigenvalue weighted by atomic mass is 10.1. The highest BCUT2D eigenvalue weighted by molar-refractivity contribution is 6.04. The van der Waals surface area contributed by atoms with E-state index < -0.39 is 0 Å². The van der Waals surface area contributed by atoms with Crippen LogP contribution in [0.3, 0.4) is 0 Å². The number of carbonyl (C=O) groups excluding carboxylic acids is 2. The van der Waals surface area contributed by atoms with Crippen molar-refractivity contribution in [3.8, 4) is 11.5 Å². The molecule has 5 nitrogen and oxygen atoms in total. The van der Waals surface area contributed by atoms with Crippen LogP contribution in [0.4, 0.5) is 5.69 Å². The molecule has 0 aliphatic carbocycles. The molecule has 0 fully saturated rings. The summed E-state index contributed by atoms with van der Waals surface area (Å²) in [5.41, 5.74) is 1.76. The van der Waals surface area contributed by atoms with Crippen LogP contribution < -0.4 is 14.8 Å². The van der Waals surface area contributed by atoms with Gasteiger partial charge in [-0.25, -0.2) is 0 Å². The van der Waals surface area contributed by atoms with Gasteiger partial charge in [0.05, 0.1) is 0 Å². The lowest BCUT2D eigenvalue weighted by molar-refractivity contribution is 0.101. The van der Waals surface area contributed by atoms with E-state index in [0.29, 0.717) is 35.8 Å². The molecule has 1 amide bonds. The van der Waals surface area contributed by atoms with Crippen LogP contribution in [0, 0.1) is 0 Å². The van der Waals surface area contributed by atoms with Gasteiger partial charge in [-0.2, -0.15) is 0 Å². The van der Waals surface area contributed by atoms with Crippen molar-refractivity contribution in [1.29, 1.82) is 0 Å². The molecule has 28 heavy (non-hydrogen) atoms. The van der Waals surface area contributed by atoms with E-state index in [-0.39, 0.29) is 11.7 Å². The Morgan fingerprint density at radius 1 is 0.714 bits per heavy atom. The van der Waals surface area contributed by atoms with E-state index in [1.165, 1.54) is 6.92 Å². The van der Waals surface area contributed by atoms with E-state index >= 15 is 0 Å². The predicted octanol–water partition coefficient (Wildman–Crippen LogP) is 4.60. The van der Waals surface area contributed by atoms with E-state index in [9.17, 15) is 9.59 Å². The number of hydrogen-bond acceptors (Lipinski definition) is 4. The molecule has 0 spiro atoms. The van der Waals surface area contributed by atoms with Gasteiger partial charge < -0.3 is 14.8 Å². The Morgan fingerprint density at radius 2 is 1.25 bits per heavy atom. The molecule has 5 heteroatoms. The molecule has 0 aliphatic heterocycles. The summed E-state index contributed by atoms with van der Waals surface area (Å²) in [5, 5.41) is 2.80. The third-order valence-electron chi connectivity index (χ3n) is 4.03. The van der Waals surface area contributed by atoms with E-state index in [1.807, 2.05) is 30.3 Å². The number of hydrogen-bond donors (Lipinski definition) is 1. The zero-order chi connectivity index (χ0) is 19.8. The molecule has 0 heterocycles. The zero-order valence-electron chi connectivity index (χ0n) is 15.6. The van der Waals surface area contributed by atoms with Crippen molar-refractivity contribution in [2.45, 2.75) is 6.92 Å². The molecule has 0 saturated carbocycles. The molecule has 0 radical (unpaired) electrons. The van der Waals surface area contributed by atoms with Gasteiger partial charge in [0.2, 0.25) is 0 Å². The van der Waals surface area contributed by atoms with E-state index in [1.54, 1.807) is 48.5 Å². The summed E-state index contributed by atoms with van der Waals surface area (Å²) in [7, 11) is 0. The Bertz CT molecular complexity index is 919. The second-order valence-corrected chi connectivity index (χ2v) is 6.12. The molecule has 0 aliphatic rings. The SMILES string of the molecule is CC(=O)c1ccc(NC(=O)c2ccc(OCCOc3ccccc3)cc2)cc1. The van der Waals surface area contributed by atoms with Crippen LogP contribution in [0.5, 0.6) is 11.5 Å². The van der Waals surface area contributed by atoms with Gasteiger partial charge in [0.15, 0.2) is 5.78 Å². The lowest BCUT2D eigenvalue weighted by Gasteiger charge is -2.09. The first-order valence-electron chi connectivity index (χ1n) is 8.95. The molecule has 3 aromatic rings.